The molecule has 0 aromatic heterocycles. The van der Waals surface area contributed by atoms with Crippen molar-refractivity contribution < 1.29 is 12.3 Å². The van der Waals surface area contributed by atoms with E-state index in [9.17, 15) is 0 Å². The van der Waals surface area contributed by atoms with Gasteiger partial charge in [-0.3, -0.25) is 0 Å². The molecular weight excluding hydrogens is 357 g/mol. The Kier molecular flexibility index (Phi) is 8.74. The Balaban J connectivity index is 4.94. The lowest BCUT2D eigenvalue weighted by atomic mass is 10.4. The standard InChI is InChI=1S/C14H40O3Si5/c1-12-13-14-19(4,5)22(10,11)17-21(8,9)16-20(6,7)15-18(2)3/h18H,12-14H2,1-11H3. The summed E-state index contributed by atoms with van der Waals surface area (Å²) in [6.45, 7) is 25.3. The van der Waals surface area contributed by atoms with Crippen molar-refractivity contribution in [1.29, 1.82) is 0 Å². The van der Waals surface area contributed by atoms with Gasteiger partial charge >= 0.3 is 17.1 Å². The van der Waals surface area contributed by atoms with Gasteiger partial charge in [0, 0.05) is 0 Å². The average Bonchev–Trinajstić information content (AvgIpc) is 2.20. The molecule has 0 rings (SSSR count). The Morgan fingerprint density at radius 2 is 1.27 bits per heavy atom. The maximum absolute atomic E-state index is 6.79. The van der Waals surface area contributed by atoms with E-state index in [1.165, 1.54) is 18.9 Å². The minimum absolute atomic E-state index is 1.06. The van der Waals surface area contributed by atoms with E-state index < -0.39 is 41.6 Å². The summed E-state index contributed by atoms with van der Waals surface area (Å²) in [6, 6.07) is 1.38. The van der Waals surface area contributed by atoms with Gasteiger partial charge in [0.15, 0.2) is 16.9 Å². The van der Waals surface area contributed by atoms with E-state index in [1.807, 2.05) is 0 Å². The third-order valence-electron chi connectivity index (χ3n) is 4.30. The van der Waals surface area contributed by atoms with Crippen LogP contribution in [0.15, 0.2) is 0 Å². The second-order valence-corrected chi connectivity index (χ2v) is 33.9. The summed E-state index contributed by atoms with van der Waals surface area (Å²) in [4.78, 5) is 0. The first-order valence-corrected chi connectivity index (χ1v) is 24.3. The van der Waals surface area contributed by atoms with E-state index in [2.05, 4.69) is 72.4 Å². The molecule has 0 aromatic rings. The van der Waals surface area contributed by atoms with E-state index in [0.717, 1.165) is 0 Å². The predicted octanol–water partition coefficient (Wildman–Crippen LogP) is 5.22. The van der Waals surface area contributed by atoms with Crippen molar-refractivity contribution in [3.63, 3.8) is 0 Å². The third kappa shape index (κ3) is 8.18. The van der Waals surface area contributed by atoms with Crippen molar-refractivity contribution in [1.82, 2.24) is 0 Å². The molecule has 3 nitrogen and oxygen atoms in total. The average molecular weight is 397 g/mol. The highest BCUT2D eigenvalue weighted by atomic mass is 29.3. The van der Waals surface area contributed by atoms with Crippen molar-refractivity contribution in [2.75, 3.05) is 0 Å². The molecule has 0 aromatic carbocycles. The second kappa shape index (κ2) is 8.37. The zero-order valence-electron chi connectivity index (χ0n) is 16.9. The molecule has 22 heavy (non-hydrogen) atoms. The normalized spacial score (nSPS) is 14.7. The second-order valence-electron chi connectivity index (χ2n) is 8.67. The number of rotatable bonds is 10. The largest absolute Gasteiger partial charge is 0.440 e. The van der Waals surface area contributed by atoms with Gasteiger partial charge in [-0.25, -0.2) is 0 Å². The van der Waals surface area contributed by atoms with E-state index in [-0.39, 0.29) is 0 Å². The van der Waals surface area contributed by atoms with E-state index in [4.69, 9.17) is 12.3 Å². The molecule has 0 saturated carbocycles. The smallest absolute Gasteiger partial charge is 0.312 e. The molecule has 0 aliphatic carbocycles. The van der Waals surface area contributed by atoms with Crippen molar-refractivity contribution in [2.24, 2.45) is 0 Å². The van der Waals surface area contributed by atoms with Crippen LogP contribution in [0.4, 0.5) is 0 Å². The molecule has 134 valence electrons. The van der Waals surface area contributed by atoms with Gasteiger partial charge in [0.1, 0.15) is 0 Å². The van der Waals surface area contributed by atoms with Gasteiger partial charge in [-0.05, 0) is 52.4 Å². The predicted molar refractivity (Wildman–Crippen MR) is 112 cm³/mol. The molecule has 0 fully saturated rings. The fourth-order valence-electron chi connectivity index (χ4n) is 2.88. The summed E-state index contributed by atoms with van der Waals surface area (Å²) in [5.74, 6) is 0. The first-order chi connectivity index (χ1) is 9.64. The first-order valence-electron chi connectivity index (χ1n) is 8.72. The van der Waals surface area contributed by atoms with Gasteiger partial charge in [0.05, 0.1) is 7.59 Å². The van der Waals surface area contributed by atoms with E-state index >= 15 is 0 Å². The summed E-state index contributed by atoms with van der Waals surface area (Å²) in [5.41, 5.74) is 0. The van der Waals surface area contributed by atoms with Gasteiger partial charge in [-0.15, -0.1) is 0 Å². The Hall–Kier alpha value is 0.964. The summed E-state index contributed by atoms with van der Waals surface area (Å²) in [7, 11) is -8.25. The molecule has 0 radical (unpaired) electrons. The zero-order chi connectivity index (χ0) is 17.8. The number of hydrogen-bond donors (Lipinski definition) is 0. The molecule has 0 atom stereocenters. The molecule has 0 saturated heterocycles. The molecule has 0 aliphatic rings. The van der Waals surface area contributed by atoms with Crippen LogP contribution in [0.25, 0.3) is 0 Å². The van der Waals surface area contributed by atoms with Gasteiger partial charge in [-0.1, -0.05) is 38.9 Å². The van der Waals surface area contributed by atoms with Crippen LogP contribution >= 0.6 is 0 Å². The molecular formula is C14H40O3Si5. The summed E-state index contributed by atoms with van der Waals surface area (Å²) < 4.78 is 19.5. The van der Waals surface area contributed by atoms with Gasteiger partial charge in [0.2, 0.25) is 0 Å². The Morgan fingerprint density at radius 1 is 0.773 bits per heavy atom. The molecule has 0 aliphatic heterocycles. The fourth-order valence-corrected chi connectivity index (χ4v) is 28.2. The lowest BCUT2D eigenvalue weighted by Gasteiger charge is -2.45. The maximum Gasteiger partial charge on any atom is 0.312 e. The highest BCUT2D eigenvalue weighted by Crippen LogP contribution is 2.30. The summed E-state index contributed by atoms with van der Waals surface area (Å²) >= 11 is 0. The SMILES string of the molecule is CCCC[Si](C)(C)[Si](C)(C)O[Si](C)(C)O[Si](C)(C)O[SiH](C)C. The minimum atomic E-state index is -2.13. The van der Waals surface area contributed by atoms with Gasteiger partial charge in [-0.2, -0.15) is 0 Å². The van der Waals surface area contributed by atoms with Crippen LogP contribution in [0, 0.1) is 0 Å². The number of unbranched alkanes of at least 4 members (excludes halogenated alkanes) is 1. The summed E-state index contributed by atoms with van der Waals surface area (Å²) in [6.07, 6.45) is 2.62. The van der Waals surface area contributed by atoms with E-state index in [0.29, 0.717) is 0 Å². The molecule has 0 amide bonds. The topological polar surface area (TPSA) is 27.7 Å². The van der Waals surface area contributed by atoms with Crippen LogP contribution in [0.2, 0.25) is 71.5 Å². The Morgan fingerprint density at radius 3 is 1.68 bits per heavy atom. The van der Waals surface area contributed by atoms with Crippen molar-refractivity contribution in [2.45, 2.75) is 91.3 Å². The van der Waals surface area contributed by atoms with Gasteiger partial charge < -0.3 is 12.3 Å². The van der Waals surface area contributed by atoms with Crippen LogP contribution < -0.4 is 0 Å². The molecule has 0 spiro atoms. The highest BCUT2D eigenvalue weighted by molar-refractivity contribution is 7.39. The monoisotopic (exact) mass is 396 g/mol. The minimum Gasteiger partial charge on any atom is -0.440 e. The lowest BCUT2D eigenvalue weighted by molar-refractivity contribution is 0.337. The molecule has 0 N–H and O–H groups in total. The van der Waals surface area contributed by atoms with Crippen LogP contribution in [0.5, 0.6) is 0 Å². The molecule has 0 heterocycles. The fraction of sp³-hybridized carbons (Fsp3) is 1.00. The van der Waals surface area contributed by atoms with Crippen LogP contribution in [0.1, 0.15) is 19.8 Å². The Labute approximate surface area is 145 Å². The lowest BCUT2D eigenvalue weighted by Crippen LogP contribution is -2.63. The quantitative estimate of drug-likeness (QED) is 0.474. The van der Waals surface area contributed by atoms with Gasteiger partial charge in [0.25, 0.3) is 0 Å². The van der Waals surface area contributed by atoms with Crippen molar-refractivity contribution >= 4 is 41.6 Å². The Bertz CT molecular complexity index is 343. The van der Waals surface area contributed by atoms with E-state index in [1.54, 1.807) is 0 Å². The highest BCUT2D eigenvalue weighted by Gasteiger charge is 2.48. The van der Waals surface area contributed by atoms with Crippen LogP contribution in [-0.2, 0) is 12.3 Å². The third-order valence-corrected chi connectivity index (χ3v) is 32.7. The van der Waals surface area contributed by atoms with Crippen molar-refractivity contribution in [3.05, 3.63) is 0 Å². The molecule has 0 bridgehead atoms. The first kappa shape index (κ1) is 23.0. The maximum atomic E-state index is 6.79. The van der Waals surface area contributed by atoms with Crippen LogP contribution in [-0.4, -0.2) is 41.6 Å². The van der Waals surface area contributed by atoms with Crippen molar-refractivity contribution in [3.8, 4) is 0 Å². The number of hydrogen-bond acceptors (Lipinski definition) is 3. The summed E-state index contributed by atoms with van der Waals surface area (Å²) in [5, 5.41) is 0. The zero-order valence-corrected chi connectivity index (χ0v) is 22.1. The van der Waals surface area contributed by atoms with Crippen LogP contribution in [0.3, 0.4) is 0 Å². The molecule has 0 unspecified atom stereocenters. The molecule has 8 heteroatoms.